The molecule has 1 heterocycles. The summed E-state index contributed by atoms with van der Waals surface area (Å²) in [7, 11) is 0. The first-order valence-corrected chi connectivity index (χ1v) is 8.05. The molecule has 124 valence electrons. The van der Waals surface area contributed by atoms with E-state index in [1.807, 2.05) is 6.07 Å². The molecule has 24 heavy (non-hydrogen) atoms. The highest BCUT2D eigenvalue weighted by Crippen LogP contribution is 2.32. The molecule has 2 aromatic rings. The van der Waals surface area contributed by atoms with Crippen LogP contribution >= 0.6 is 0 Å². The van der Waals surface area contributed by atoms with Gasteiger partial charge in [0.2, 0.25) is 0 Å². The number of amides is 1. The standard InChI is InChI=1S/C18H19N3O3/c22-18(14-7-3-1-4-8-14)19-16-13-15(21(23)24)9-10-17(16)20-11-5-2-6-12-20/h1,3-4,7-10,13H,2,5-6,11-12H2,(H,19,22). The number of anilines is 2. The second-order valence-electron chi connectivity index (χ2n) is 5.83. The summed E-state index contributed by atoms with van der Waals surface area (Å²) in [6.07, 6.45) is 3.36. The van der Waals surface area contributed by atoms with Gasteiger partial charge in [-0.15, -0.1) is 0 Å². The van der Waals surface area contributed by atoms with E-state index >= 15 is 0 Å². The zero-order valence-corrected chi connectivity index (χ0v) is 13.3. The first-order valence-electron chi connectivity index (χ1n) is 8.05. The highest BCUT2D eigenvalue weighted by atomic mass is 16.6. The molecule has 0 spiro atoms. The number of nitro groups is 1. The average Bonchev–Trinajstić information content (AvgIpc) is 2.63. The zero-order valence-electron chi connectivity index (χ0n) is 13.3. The minimum Gasteiger partial charge on any atom is -0.370 e. The predicted molar refractivity (Wildman–Crippen MR) is 93.6 cm³/mol. The van der Waals surface area contributed by atoms with Gasteiger partial charge >= 0.3 is 0 Å². The average molecular weight is 325 g/mol. The normalized spacial score (nSPS) is 14.2. The van der Waals surface area contributed by atoms with Gasteiger partial charge in [-0.05, 0) is 37.5 Å². The summed E-state index contributed by atoms with van der Waals surface area (Å²) in [4.78, 5) is 25.2. The molecule has 6 heteroatoms. The minimum atomic E-state index is -0.446. The van der Waals surface area contributed by atoms with Crippen LogP contribution < -0.4 is 10.2 Å². The lowest BCUT2D eigenvalue weighted by Gasteiger charge is -2.30. The molecule has 1 aliphatic rings. The molecule has 1 fully saturated rings. The van der Waals surface area contributed by atoms with Gasteiger partial charge in [0.1, 0.15) is 0 Å². The zero-order chi connectivity index (χ0) is 16.9. The fraction of sp³-hybridized carbons (Fsp3) is 0.278. The van der Waals surface area contributed by atoms with Gasteiger partial charge in [0.05, 0.1) is 16.3 Å². The van der Waals surface area contributed by atoms with Crippen LogP contribution in [0, 0.1) is 10.1 Å². The van der Waals surface area contributed by atoms with Crippen molar-refractivity contribution in [3.8, 4) is 0 Å². The van der Waals surface area contributed by atoms with Gasteiger partial charge < -0.3 is 10.2 Å². The van der Waals surface area contributed by atoms with E-state index in [2.05, 4.69) is 10.2 Å². The Hall–Kier alpha value is -2.89. The lowest BCUT2D eigenvalue weighted by molar-refractivity contribution is -0.384. The predicted octanol–water partition coefficient (Wildman–Crippen LogP) is 3.84. The van der Waals surface area contributed by atoms with Crippen LogP contribution in [-0.2, 0) is 0 Å². The Bertz CT molecular complexity index is 740. The maximum Gasteiger partial charge on any atom is 0.271 e. The number of nitro benzene ring substituents is 1. The summed E-state index contributed by atoms with van der Waals surface area (Å²) in [5.74, 6) is -0.269. The number of carbonyl (C=O) groups is 1. The summed E-state index contributed by atoms with van der Waals surface area (Å²) in [5.41, 5.74) is 1.82. The fourth-order valence-electron chi connectivity index (χ4n) is 2.93. The van der Waals surface area contributed by atoms with Crippen molar-refractivity contribution in [3.63, 3.8) is 0 Å². The summed E-state index contributed by atoms with van der Waals surface area (Å²) in [6, 6.07) is 13.5. The van der Waals surface area contributed by atoms with E-state index in [-0.39, 0.29) is 11.6 Å². The summed E-state index contributed by atoms with van der Waals surface area (Å²) in [6.45, 7) is 1.79. The molecule has 6 nitrogen and oxygen atoms in total. The van der Waals surface area contributed by atoms with Gasteiger partial charge in [-0.25, -0.2) is 0 Å². The number of nitrogens with zero attached hydrogens (tertiary/aromatic N) is 2. The quantitative estimate of drug-likeness (QED) is 0.684. The van der Waals surface area contributed by atoms with Crippen molar-refractivity contribution in [1.82, 2.24) is 0 Å². The van der Waals surface area contributed by atoms with Crippen LogP contribution in [-0.4, -0.2) is 23.9 Å². The second kappa shape index (κ2) is 7.12. The summed E-state index contributed by atoms with van der Waals surface area (Å²) < 4.78 is 0. The molecule has 1 N–H and O–H groups in total. The Morgan fingerprint density at radius 2 is 1.75 bits per heavy atom. The van der Waals surface area contributed by atoms with Crippen molar-refractivity contribution in [2.24, 2.45) is 0 Å². The first kappa shape index (κ1) is 16.0. The van der Waals surface area contributed by atoms with E-state index in [4.69, 9.17) is 0 Å². The van der Waals surface area contributed by atoms with E-state index in [1.165, 1.54) is 18.6 Å². The van der Waals surface area contributed by atoms with Gasteiger partial charge in [-0.3, -0.25) is 14.9 Å². The number of non-ortho nitro benzene ring substituents is 1. The van der Waals surface area contributed by atoms with Crippen LogP contribution in [0.15, 0.2) is 48.5 Å². The van der Waals surface area contributed by atoms with Crippen molar-refractivity contribution in [2.75, 3.05) is 23.3 Å². The number of benzene rings is 2. The Balaban J connectivity index is 1.92. The molecular formula is C18H19N3O3. The number of carbonyl (C=O) groups excluding carboxylic acids is 1. The summed E-state index contributed by atoms with van der Waals surface area (Å²) >= 11 is 0. The molecule has 0 radical (unpaired) electrons. The fourth-order valence-corrected chi connectivity index (χ4v) is 2.93. The van der Waals surface area contributed by atoms with E-state index in [9.17, 15) is 14.9 Å². The minimum absolute atomic E-state index is 0.0286. The highest BCUT2D eigenvalue weighted by molar-refractivity contribution is 6.06. The van der Waals surface area contributed by atoms with E-state index in [0.717, 1.165) is 31.6 Å². The largest absolute Gasteiger partial charge is 0.370 e. The number of piperidine rings is 1. The molecule has 3 rings (SSSR count). The van der Waals surface area contributed by atoms with Crippen LogP contribution in [0.1, 0.15) is 29.6 Å². The maximum atomic E-state index is 12.4. The van der Waals surface area contributed by atoms with Crippen LogP contribution in [0.25, 0.3) is 0 Å². The molecule has 1 amide bonds. The number of rotatable bonds is 4. The van der Waals surface area contributed by atoms with E-state index in [1.54, 1.807) is 30.3 Å². The molecule has 0 atom stereocenters. The van der Waals surface area contributed by atoms with E-state index < -0.39 is 4.92 Å². The van der Waals surface area contributed by atoms with Crippen LogP contribution in [0.2, 0.25) is 0 Å². The van der Waals surface area contributed by atoms with Crippen molar-refractivity contribution in [2.45, 2.75) is 19.3 Å². The smallest absolute Gasteiger partial charge is 0.271 e. The molecular weight excluding hydrogens is 306 g/mol. The molecule has 0 unspecified atom stereocenters. The molecule has 2 aromatic carbocycles. The lowest BCUT2D eigenvalue weighted by atomic mass is 10.1. The topological polar surface area (TPSA) is 75.5 Å². The Labute approximate surface area is 140 Å². The van der Waals surface area contributed by atoms with Crippen LogP contribution in [0.4, 0.5) is 17.1 Å². The summed E-state index contributed by atoms with van der Waals surface area (Å²) in [5, 5.41) is 13.9. The second-order valence-corrected chi connectivity index (χ2v) is 5.83. The number of nitrogens with one attached hydrogen (secondary N) is 1. The molecule has 0 aromatic heterocycles. The Kier molecular flexibility index (Phi) is 4.74. The molecule has 1 aliphatic heterocycles. The lowest BCUT2D eigenvalue weighted by Crippen LogP contribution is -2.30. The van der Waals surface area contributed by atoms with E-state index in [0.29, 0.717) is 11.3 Å². The molecule has 0 aliphatic carbocycles. The molecule has 0 saturated carbocycles. The van der Waals surface area contributed by atoms with Gasteiger partial charge in [-0.2, -0.15) is 0 Å². The van der Waals surface area contributed by atoms with Gasteiger partial charge in [0, 0.05) is 30.8 Å². The maximum absolute atomic E-state index is 12.4. The van der Waals surface area contributed by atoms with Crippen molar-refractivity contribution >= 4 is 23.0 Å². The Morgan fingerprint density at radius 3 is 2.42 bits per heavy atom. The van der Waals surface area contributed by atoms with Crippen molar-refractivity contribution < 1.29 is 9.72 Å². The van der Waals surface area contributed by atoms with Gasteiger partial charge in [0.25, 0.3) is 11.6 Å². The third kappa shape index (κ3) is 3.53. The van der Waals surface area contributed by atoms with Gasteiger partial charge in [-0.1, -0.05) is 18.2 Å². The highest BCUT2D eigenvalue weighted by Gasteiger charge is 2.19. The molecule has 0 bridgehead atoms. The van der Waals surface area contributed by atoms with Crippen LogP contribution in [0.3, 0.4) is 0 Å². The van der Waals surface area contributed by atoms with Crippen molar-refractivity contribution in [3.05, 3.63) is 64.2 Å². The van der Waals surface area contributed by atoms with Gasteiger partial charge in [0.15, 0.2) is 0 Å². The molecule has 1 saturated heterocycles. The van der Waals surface area contributed by atoms with Crippen molar-refractivity contribution in [1.29, 1.82) is 0 Å². The van der Waals surface area contributed by atoms with Crippen LogP contribution in [0.5, 0.6) is 0 Å². The number of hydrogen-bond acceptors (Lipinski definition) is 4. The third-order valence-corrected chi connectivity index (χ3v) is 4.17. The first-order chi connectivity index (χ1) is 11.6. The monoisotopic (exact) mass is 325 g/mol. The Morgan fingerprint density at radius 1 is 1.04 bits per heavy atom. The third-order valence-electron chi connectivity index (χ3n) is 4.17. The number of hydrogen-bond donors (Lipinski definition) is 1. The SMILES string of the molecule is O=C(Nc1cc([N+](=O)[O-])ccc1N1CCCCC1)c1ccccc1.